The maximum atomic E-state index is 12.5. The van der Waals surface area contributed by atoms with Crippen LogP contribution in [-0.2, 0) is 14.3 Å². The van der Waals surface area contributed by atoms with Crippen molar-refractivity contribution in [1.29, 1.82) is 0 Å². The minimum Gasteiger partial charge on any atom is -0.481 e. The van der Waals surface area contributed by atoms with Gasteiger partial charge in [0.15, 0.2) is 0 Å². The maximum absolute atomic E-state index is 12.5. The number of rotatable bonds is 5. The zero-order chi connectivity index (χ0) is 13.9. The summed E-state index contributed by atoms with van der Waals surface area (Å²) in [6, 6.07) is 0. The van der Waals surface area contributed by atoms with Crippen LogP contribution in [0.15, 0.2) is 0 Å². The maximum Gasteiger partial charge on any atom is 0.305 e. The van der Waals surface area contributed by atoms with E-state index in [2.05, 4.69) is 5.32 Å². The largest absolute Gasteiger partial charge is 0.481 e. The van der Waals surface area contributed by atoms with E-state index in [1.807, 2.05) is 6.92 Å². The van der Waals surface area contributed by atoms with Crippen molar-refractivity contribution in [1.82, 2.24) is 5.32 Å². The molecule has 2 rings (SSSR count). The fourth-order valence-corrected chi connectivity index (χ4v) is 3.12. The number of hydrogen-bond acceptors (Lipinski definition) is 3. The summed E-state index contributed by atoms with van der Waals surface area (Å²) < 4.78 is 5.30. The van der Waals surface area contributed by atoms with Crippen LogP contribution in [0.1, 0.15) is 51.9 Å². The number of carboxylic acids is 1. The summed E-state index contributed by atoms with van der Waals surface area (Å²) in [6.07, 6.45) is 4.94. The van der Waals surface area contributed by atoms with Gasteiger partial charge < -0.3 is 15.2 Å². The van der Waals surface area contributed by atoms with Crippen LogP contribution in [0, 0.1) is 5.41 Å². The molecule has 0 radical (unpaired) electrons. The number of amides is 1. The van der Waals surface area contributed by atoms with E-state index in [9.17, 15) is 9.59 Å². The fraction of sp³-hybridized carbons (Fsp3) is 0.857. The van der Waals surface area contributed by atoms with Gasteiger partial charge in [-0.15, -0.1) is 0 Å². The molecule has 5 nitrogen and oxygen atoms in total. The highest BCUT2D eigenvalue weighted by Gasteiger charge is 2.46. The Balaban J connectivity index is 2.07. The Hall–Kier alpha value is -1.10. The first-order valence-corrected chi connectivity index (χ1v) is 7.14. The molecule has 1 saturated heterocycles. The minimum atomic E-state index is -0.860. The molecule has 108 valence electrons. The van der Waals surface area contributed by atoms with Gasteiger partial charge in [0, 0.05) is 18.6 Å². The Morgan fingerprint density at radius 1 is 1.21 bits per heavy atom. The normalized spacial score (nSPS) is 24.3. The van der Waals surface area contributed by atoms with Crippen LogP contribution in [0.5, 0.6) is 0 Å². The van der Waals surface area contributed by atoms with E-state index in [1.54, 1.807) is 0 Å². The van der Waals surface area contributed by atoms with Crippen LogP contribution in [0.4, 0.5) is 0 Å². The van der Waals surface area contributed by atoms with Crippen molar-refractivity contribution in [2.75, 3.05) is 13.2 Å². The highest BCUT2D eigenvalue weighted by molar-refractivity contribution is 5.85. The fourth-order valence-electron chi connectivity index (χ4n) is 3.12. The molecule has 19 heavy (non-hydrogen) atoms. The summed E-state index contributed by atoms with van der Waals surface area (Å²) in [6.45, 7) is 3.08. The SMILES string of the molecule is CCC1(C(=O)NC2(CC(=O)O)CCOCC2)CCC1. The molecule has 0 aromatic carbocycles. The van der Waals surface area contributed by atoms with E-state index in [-0.39, 0.29) is 17.7 Å². The molecule has 1 saturated carbocycles. The number of carbonyl (C=O) groups excluding carboxylic acids is 1. The van der Waals surface area contributed by atoms with Gasteiger partial charge in [-0.3, -0.25) is 9.59 Å². The molecule has 1 heterocycles. The topological polar surface area (TPSA) is 75.6 Å². The second-order valence-electron chi connectivity index (χ2n) is 5.90. The first-order chi connectivity index (χ1) is 9.02. The summed E-state index contributed by atoms with van der Waals surface area (Å²) in [7, 11) is 0. The summed E-state index contributed by atoms with van der Waals surface area (Å²) in [4.78, 5) is 23.6. The summed E-state index contributed by atoms with van der Waals surface area (Å²) >= 11 is 0. The van der Waals surface area contributed by atoms with Gasteiger partial charge >= 0.3 is 5.97 Å². The third kappa shape index (κ3) is 2.91. The molecule has 0 aromatic rings. The molecule has 1 amide bonds. The molecule has 0 unspecified atom stereocenters. The van der Waals surface area contributed by atoms with E-state index in [1.165, 1.54) is 0 Å². The predicted molar refractivity (Wildman–Crippen MR) is 69.8 cm³/mol. The average Bonchev–Trinajstić information content (AvgIpc) is 2.27. The molecule has 0 bridgehead atoms. The van der Waals surface area contributed by atoms with Gasteiger partial charge in [0.25, 0.3) is 0 Å². The van der Waals surface area contributed by atoms with Gasteiger partial charge in [0.05, 0.1) is 12.0 Å². The van der Waals surface area contributed by atoms with Crippen molar-refractivity contribution in [3.05, 3.63) is 0 Å². The van der Waals surface area contributed by atoms with E-state index in [4.69, 9.17) is 9.84 Å². The number of carbonyl (C=O) groups is 2. The first kappa shape index (κ1) is 14.3. The lowest BCUT2D eigenvalue weighted by Gasteiger charge is -2.44. The van der Waals surface area contributed by atoms with Gasteiger partial charge in [-0.1, -0.05) is 13.3 Å². The molecule has 1 aliphatic carbocycles. The van der Waals surface area contributed by atoms with Gasteiger partial charge in [0.2, 0.25) is 5.91 Å². The summed E-state index contributed by atoms with van der Waals surface area (Å²) in [5.74, 6) is -0.814. The Labute approximate surface area is 113 Å². The van der Waals surface area contributed by atoms with E-state index < -0.39 is 11.5 Å². The number of nitrogens with one attached hydrogen (secondary N) is 1. The molecule has 0 aromatic heterocycles. The lowest BCUT2D eigenvalue weighted by atomic mass is 9.66. The second-order valence-corrected chi connectivity index (χ2v) is 5.90. The third-order valence-corrected chi connectivity index (χ3v) is 4.79. The summed E-state index contributed by atoms with van der Waals surface area (Å²) in [5, 5.41) is 12.1. The molecule has 2 fully saturated rings. The molecule has 0 atom stereocenters. The Morgan fingerprint density at radius 3 is 2.26 bits per heavy atom. The van der Waals surface area contributed by atoms with Crippen LogP contribution in [-0.4, -0.2) is 35.7 Å². The molecule has 2 aliphatic rings. The van der Waals surface area contributed by atoms with Crippen LogP contribution >= 0.6 is 0 Å². The van der Waals surface area contributed by atoms with Gasteiger partial charge in [0.1, 0.15) is 0 Å². The Morgan fingerprint density at radius 2 is 1.84 bits per heavy atom. The van der Waals surface area contributed by atoms with Crippen molar-refractivity contribution in [3.63, 3.8) is 0 Å². The van der Waals surface area contributed by atoms with E-state index in [0.29, 0.717) is 26.1 Å². The molecule has 1 aliphatic heterocycles. The van der Waals surface area contributed by atoms with E-state index in [0.717, 1.165) is 25.7 Å². The van der Waals surface area contributed by atoms with Crippen molar-refractivity contribution < 1.29 is 19.4 Å². The second kappa shape index (κ2) is 5.49. The standard InChI is InChI=1S/C14H23NO4/c1-2-13(4-3-5-13)12(18)15-14(10-11(16)17)6-8-19-9-7-14/h2-10H2,1H3,(H,15,18)(H,16,17). The minimum absolute atomic E-state index is 0.0120. The zero-order valence-corrected chi connectivity index (χ0v) is 11.5. The van der Waals surface area contributed by atoms with Crippen LogP contribution < -0.4 is 5.32 Å². The Kier molecular flexibility index (Phi) is 4.13. The van der Waals surface area contributed by atoms with Crippen molar-refractivity contribution in [2.24, 2.45) is 5.41 Å². The zero-order valence-electron chi connectivity index (χ0n) is 11.5. The molecule has 5 heteroatoms. The smallest absolute Gasteiger partial charge is 0.305 e. The predicted octanol–water partition coefficient (Wildman–Crippen LogP) is 1.71. The van der Waals surface area contributed by atoms with Gasteiger partial charge in [-0.2, -0.15) is 0 Å². The quantitative estimate of drug-likeness (QED) is 0.796. The van der Waals surface area contributed by atoms with Crippen molar-refractivity contribution in [2.45, 2.75) is 57.4 Å². The first-order valence-electron chi connectivity index (χ1n) is 7.14. The molecule has 2 N–H and O–H groups in total. The lowest BCUT2D eigenvalue weighted by Crippen LogP contribution is -2.58. The number of hydrogen-bond donors (Lipinski definition) is 2. The van der Waals surface area contributed by atoms with Crippen molar-refractivity contribution in [3.8, 4) is 0 Å². The number of aliphatic carboxylic acids is 1. The monoisotopic (exact) mass is 269 g/mol. The average molecular weight is 269 g/mol. The third-order valence-electron chi connectivity index (χ3n) is 4.79. The number of ether oxygens (including phenoxy) is 1. The highest BCUT2D eigenvalue weighted by atomic mass is 16.5. The molecular weight excluding hydrogens is 246 g/mol. The van der Waals surface area contributed by atoms with Crippen molar-refractivity contribution >= 4 is 11.9 Å². The van der Waals surface area contributed by atoms with E-state index >= 15 is 0 Å². The Bertz CT molecular complexity index is 351. The highest BCUT2D eigenvalue weighted by Crippen LogP contribution is 2.44. The summed E-state index contributed by atoms with van der Waals surface area (Å²) in [5.41, 5.74) is -0.858. The molecular formula is C14H23NO4. The van der Waals surface area contributed by atoms with Gasteiger partial charge in [-0.05, 0) is 32.1 Å². The van der Waals surface area contributed by atoms with Crippen LogP contribution in [0.2, 0.25) is 0 Å². The number of carboxylic acid groups (broad SMARTS) is 1. The molecule has 0 spiro atoms. The van der Waals surface area contributed by atoms with Crippen LogP contribution in [0.3, 0.4) is 0 Å². The lowest BCUT2D eigenvalue weighted by molar-refractivity contribution is -0.144. The van der Waals surface area contributed by atoms with Gasteiger partial charge in [-0.25, -0.2) is 0 Å². The van der Waals surface area contributed by atoms with Crippen LogP contribution in [0.25, 0.3) is 0 Å².